The van der Waals surface area contributed by atoms with Crippen molar-refractivity contribution < 1.29 is 35.8 Å². The number of methoxy groups -OCH3 is 4. The summed E-state index contributed by atoms with van der Waals surface area (Å²) in [4.78, 5) is 0. The van der Waals surface area contributed by atoms with Gasteiger partial charge in [-0.15, -0.1) is 13.2 Å². The quantitative estimate of drug-likeness (QED) is 0.0726. The van der Waals surface area contributed by atoms with Crippen LogP contribution in [0.5, 0.6) is 23.0 Å². The van der Waals surface area contributed by atoms with Gasteiger partial charge >= 0.3 is 0 Å². The van der Waals surface area contributed by atoms with Gasteiger partial charge in [0.05, 0.1) is 38.9 Å². The Morgan fingerprint density at radius 1 is 0.464 bits per heavy atom. The zero-order chi connectivity index (χ0) is 41.1. The zero-order valence-electron chi connectivity index (χ0n) is 33.6. The third kappa shape index (κ3) is 13.3. The molecule has 0 N–H and O–H groups in total. The Morgan fingerprint density at radius 2 is 0.679 bits per heavy atom. The molecule has 0 radical (unpaired) electrons. The topological polar surface area (TPSA) is 112 Å². The smallest absolute Gasteiger partial charge is 0.217 e. The van der Waals surface area contributed by atoms with Crippen molar-refractivity contribution in [3.63, 3.8) is 0 Å². The summed E-state index contributed by atoms with van der Waals surface area (Å²) in [6, 6.07) is 29.9. The van der Waals surface area contributed by atoms with Gasteiger partial charge in [-0.3, -0.25) is 0 Å². The highest BCUT2D eigenvalue weighted by Crippen LogP contribution is 2.25. The summed E-state index contributed by atoms with van der Waals surface area (Å²) >= 11 is 0. The lowest BCUT2D eigenvalue weighted by Gasteiger charge is -2.27. The van der Waals surface area contributed by atoms with Gasteiger partial charge in [-0.05, 0) is 96.5 Å². The lowest BCUT2D eigenvalue weighted by atomic mass is 10.2. The fraction of sp³-hybridized carbons (Fsp3) is 0.364. The molecule has 0 heterocycles. The summed E-state index contributed by atoms with van der Waals surface area (Å²) < 4.78 is 77.2. The first-order valence-corrected chi connectivity index (χ1v) is 21.6. The predicted molar refractivity (Wildman–Crippen MR) is 226 cm³/mol. The molecule has 4 aromatic rings. The van der Waals surface area contributed by atoms with Crippen molar-refractivity contribution in [3.05, 3.63) is 145 Å². The molecule has 12 heteroatoms. The fourth-order valence-corrected chi connectivity index (χ4v) is 9.76. The van der Waals surface area contributed by atoms with E-state index >= 15 is 0 Å². The molecular formula is C44H58N2O8S2. The molecule has 0 amide bonds. The minimum atomic E-state index is -3.50. The molecule has 0 saturated carbocycles. The maximum absolute atomic E-state index is 13.3. The lowest BCUT2D eigenvalue weighted by Crippen LogP contribution is -2.37. The fourth-order valence-electron chi connectivity index (χ4n) is 6.00. The molecule has 0 bridgehead atoms. The number of sulfonamides is 2. The molecule has 0 unspecified atom stereocenters. The van der Waals surface area contributed by atoms with E-state index in [1.54, 1.807) is 49.2 Å². The van der Waals surface area contributed by atoms with Crippen LogP contribution < -0.4 is 18.9 Å². The standard InChI is InChI=1S/2C22H29NO4S/c2*1-5-7-22(6-2)28(24,25)23(16-18-8-12-20(26-3)13-9-18)17-19-10-14-21(27-4)15-11-19/h2*5,8-15,22H,1,6-7,16-17H2,2-4H3/t2*22-/m10/s1. The Morgan fingerprint density at radius 3 is 0.839 bits per heavy atom. The average molecular weight is 807 g/mol. The van der Waals surface area contributed by atoms with E-state index in [4.69, 9.17) is 18.9 Å². The van der Waals surface area contributed by atoms with E-state index in [-0.39, 0.29) is 0 Å². The number of ether oxygens (including phenoxy) is 4. The van der Waals surface area contributed by atoms with Gasteiger partial charge in [-0.2, -0.15) is 8.61 Å². The molecule has 0 aliphatic heterocycles. The Kier molecular flexibility index (Phi) is 18.6. The van der Waals surface area contributed by atoms with Crippen LogP contribution in [-0.4, -0.2) is 64.4 Å². The molecule has 0 saturated heterocycles. The normalized spacial score (nSPS) is 12.6. The lowest BCUT2D eigenvalue weighted by molar-refractivity contribution is 0.389. The van der Waals surface area contributed by atoms with Crippen LogP contribution in [0.3, 0.4) is 0 Å². The van der Waals surface area contributed by atoms with Crippen molar-refractivity contribution >= 4 is 20.0 Å². The number of allylic oxidation sites excluding steroid dienone is 2. The van der Waals surface area contributed by atoms with Gasteiger partial charge in [-0.25, -0.2) is 16.8 Å². The van der Waals surface area contributed by atoms with Crippen molar-refractivity contribution in [2.24, 2.45) is 0 Å². The molecule has 10 nitrogen and oxygen atoms in total. The largest absolute Gasteiger partial charge is 0.497 e. The molecule has 304 valence electrons. The van der Waals surface area contributed by atoms with Gasteiger partial charge in [-0.1, -0.05) is 74.5 Å². The van der Waals surface area contributed by atoms with Gasteiger partial charge in [0, 0.05) is 26.2 Å². The predicted octanol–water partition coefficient (Wildman–Crippen LogP) is 8.78. The van der Waals surface area contributed by atoms with Gasteiger partial charge in [0.25, 0.3) is 0 Å². The van der Waals surface area contributed by atoms with Crippen LogP contribution >= 0.6 is 0 Å². The second-order valence-electron chi connectivity index (χ2n) is 13.1. The Labute approximate surface area is 335 Å². The van der Waals surface area contributed by atoms with Crippen molar-refractivity contribution in [2.75, 3.05) is 28.4 Å². The number of hydrogen-bond acceptors (Lipinski definition) is 8. The number of hydrogen-bond donors (Lipinski definition) is 0. The van der Waals surface area contributed by atoms with Crippen LogP contribution in [-0.2, 0) is 46.2 Å². The monoisotopic (exact) mass is 806 g/mol. The summed E-state index contributed by atoms with van der Waals surface area (Å²) in [5.74, 6) is 2.97. The molecular weight excluding hydrogens is 749 g/mol. The first-order valence-electron chi connectivity index (χ1n) is 18.6. The minimum absolute atomic E-state index is 0.298. The molecule has 2 atom stereocenters. The third-order valence-electron chi connectivity index (χ3n) is 9.40. The van der Waals surface area contributed by atoms with Crippen LogP contribution in [0, 0.1) is 0 Å². The average Bonchev–Trinajstić information content (AvgIpc) is 3.22. The van der Waals surface area contributed by atoms with Gasteiger partial charge in [0.2, 0.25) is 20.0 Å². The first kappa shape index (κ1) is 45.8. The Hall–Kier alpha value is -4.62. The Bertz CT molecular complexity index is 1740. The van der Waals surface area contributed by atoms with Crippen LogP contribution in [0.1, 0.15) is 61.8 Å². The van der Waals surface area contributed by atoms with Crippen LogP contribution in [0.2, 0.25) is 0 Å². The molecule has 4 aromatic carbocycles. The van der Waals surface area contributed by atoms with E-state index in [9.17, 15) is 16.8 Å². The molecule has 0 aliphatic carbocycles. The number of rotatable bonds is 22. The molecule has 0 aromatic heterocycles. The summed E-state index contributed by atoms with van der Waals surface area (Å²) in [7, 11) is -0.576. The van der Waals surface area contributed by atoms with Crippen LogP contribution in [0.4, 0.5) is 0 Å². The summed E-state index contributed by atoms with van der Waals surface area (Å²) in [5.41, 5.74) is 3.63. The molecule has 0 fully saturated rings. The van der Waals surface area contributed by atoms with E-state index in [0.29, 0.717) is 51.9 Å². The highest BCUT2D eigenvalue weighted by molar-refractivity contribution is 7.90. The Balaban J connectivity index is 0.000000300. The van der Waals surface area contributed by atoms with E-state index in [0.717, 1.165) is 45.3 Å². The van der Waals surface area contributed by atoms with Crippen LogP contribution in [0.25, 0.3) is 0 Å². The second-order valence-corrected chi connectivity index (χ2v) is 17.6. The van der Waals surface area contributed by atoms with E-state index in [2.05, 4.69) is 13.2 Å². The maximum atomic E-state index is 13.3. The van der Waals surface area contributed by atoms with Crippen LogP contribution in [0.15, 0.2) is 122 Å². The minimum Gasteiger partial charge on any atom is -0.497 e. The van der Waals surface area contributed by atoms with Crippen molar-refractivity contribution in [1.82, 2.24) is 8.61 Å². The van der Waals surface area contributed by atoms with E-state index in [1.807, 2.05) is 111 Å². The van der Waals surface area contributed by atoms with Crippen molar-refractivity contribution in [1.29, 1.82) is 0 Å². The second kappa shape index (κ2) is 22.8. The maximum Gasteiger partial charge on any atom is 0.217 e. The van der Waals surface area contributed by atoms with Gasteiger partial charge in [0.15, 0.2) is 0 Å². The molecule has 0 spiro atoms. The van der Waals surface area contributed by atoms with Crippen molar-refractivity contribution in [3.8, 4) is 23.0 Å². The molecule has 56 heavy (non-hydrogen) atoms. The first-order chi connectivity index (χ1) is 26.9. The van der Waals surface area contributed by atoms with E-state index in [1.165, 1.54) is 0 Å². The number of benzene rings is 4. The summed E-state index contributed by atoms with van der Waals surface area (Å²) in [6.45, 7) is 12.4. The SMILES string of the molecule is C=CC[C@@H](CC)S(=O)(=O)N(Cc1ccc(OC)cc1)Cc1ccc(OC)cc1.C=CC[C@H](CC)S(=O)(=O)N(Cc1ccc(OC)cc1)Cc1ccc(OC)cc1. The molecule has 4 rings (SSSR count). The van der Waals surface area contributed by atoms with Gasteiger partial charge in [0.1, 0.15) is 23.0 Å². The van der Waals surface area contributed by atoms with Gasteiger partial charge < -0.3 is 18.9 Å². The third-order valence-corrected chi connectivity index (χ3v) is 14.1. The number of nitrogens with zero attached hydrogens (tertiary/aromatic N) is 2. The molecule has 0 aliphatic rings. The zero-order valence-corrected chi connectivity index (χ0v) is 35.2. The summed E-state index contributed by atoms with van der Waals surface area (Å²) in [6.07, 6.45) is 5.28. The highest BCUT2D eigenvalue weighted by Gasteiger charge is 2.31. The highest BCUT2D eigenvalue weighted by atomic mass is 32.2. The van der Waals surface area contributed by atoms with E-state index < -0.39 is 30.5 Å². The summed E-state index contributed by atoms with van der Waals surface area (Å²) in [5, 5.41) is -0.969. The van der Waals surface area contributed by atoms with Crippen molar-refractivity contribution in [2.45, 2.75) is 76.2 Å².